The quantitative estimate of drug-likeness (QED) is 0.711. The van der Waals surface area contributed by atoms with Crippen LogP contribution in [0.2, 0.25) is 0 Å². The van der Waals surface area contributed by atoms with E-state index < -0.39 is 0 Å². The Balaban J connectivity index is 1.27. The number of nitrogens with zero attached hydrogens (tertiary/aromatic N) is 5. The van der Waals surface area contributed by atoms with Gasteiger partial charge < -0.3 is 15.1 Å². The zero-order valence-corrected chi connectivity index (χ0v) is 18.7. The Morgan fingerprint density at radius 1 is 1.19 bits per heavy atom. The van der Waals surface area contributed by atoms with Gasteiger partial charge in [0, 0.05) is 51.4 Å². The third-order valence-corrected chi connectivity index (χ3v) is 6.83. The van der Waals surface area contributed by atoms with Gasteiger partial charge in [-0.3, -0.25) is 14.2 Å². The van der Waals surface area contributed by atoms with E-state index in [1.807, 2.05) is 17.0 Å². The number of anilines is 1. The Labute approximate surface area is 183 Å². The lowest BCUT2D eigenvalue weighted by atomic mass is 9.96. The van der Waals surface area contributed by atoms with Crippen LogP contribution in [0.4, 0.5) is 5.82 Å². The van der Waals surface area contributed by atoms with Gasteiger partial charge in [-0.05, 0) is 57.7 Å². The number of nitrogens with one attached hydrogen (secondary N) is 1. The van der Waals surface area contributed by atoms with Gasteiger partial charge in [-0.15, -0.1) is 0 Å². The van der Waals surface area contributed by atoms with Crippen molar-refractivity contribution in [1.82, 2.24) is 24.8 Å². The first-order chi connectivity index (χ1) is 15.0. The summed E-state index contributed by atoms with van der Waals surface area (Å²) < 4.78 is 1.56. The Hall–Kier alpha value is -2.48. The van der Waals surface area contributed by atoms with Gasteiger partial charge in [0.05, 0.1) is 0 Å². The smallest absolute Gasteiger partial charge is 0.294 e. The number of carbonyl (C=O) groups is 1. The summed E-state index contributed by atoms with van der Waals surface area (Å²) in [5, 5.41) is 3.13. The highest BCUT2D eigenvalue weighted by molar-refractivity contribution is 5.79. The van der Waals surface area contributed by atoms with Gasteiger partial charge in [-0.25, -0.2) is 9.97 Å². The fourth-order valence-corrected chi connectivity index (χ4v) is 4.83. The van der Waals surface area contributed by atoms with E-state index in [0.717, 1.165) is 32.4 Å². The number of fused-ring (bicyclic) bond motifs is 1. The van der Waals surface area contributed by atoms with Crippen LogP contribution in [0, 0.1) is 5.92 Å². The standard InChI is InChI=1S/C23H34N6O2/c1-17-7-3-4-13-28(17)14-6-12-25-22(30)18-9-15-29(16-10-18)21-23(31)27(2)20-19(26-21)8-5-11-24-20/h5,8,11,17-18H,3-4,6-7,9-10,12-16H2,1-2H3,(H,25,30). The zero-order chi connectivity index (χ0) is 21.8. The van der Waals surface area contributed by atoms with Crippen LogP contribution in [0.5, 0.6) is 0 Å². The Bertz CT molecular complexity index is 966. The maximum absolute atomic E-state index is 12.8. The van der Waals surface area contributed by atoms with Crippen molar-refractivity contribution < 1.29 is 4.79 Å². The zero-order valence-electron chi connectivity index (χ0n) is 18.7. The molecule has 8 heteroatoms. The van der Waals surface area contributed by atoms with Crippen molar-refractivity contribution in [3.05, 3.63) is 28.7 Å². The Morgan fingerprint density at radius 3 is 2.77 bits per heavy atom. The van der Waals surface area contributed by atoms with Crippen molar-refractivity contribution in [3.8, 4) is 0 Å². The van der Waals surface area contributed by atoms with Crippen LogP contribution in [0.25, 0.3) is 11.2 Å². The van der Waals surface area contributed by atoms with Crippen molar-refractivity contribution in [1.29, 1.82) is 0 Å². The molecule has 0 bridgehead atoms. The second-order valence-corrected chi connectivity index (χ2v) is 8.93. The number of piperidine rings is 2. The van der Waals surface area contributed by atoms with E-state index in [2.05, 4.69) is 27.1 Å². The average molecular weight is 427 g/mol. The van der Waals surface area contributed by atoms with E-state index in [0.29, 0.717) is 36.1 Å². The molecule has 4 rings (SSSR count). The van der Waals surface area contributed by atoms with Crippen LogP contribution in [0.15, 0.2) is 23.1 Å². The van der Waals surface area contributed by atoms with Gasteiger partial charge in [-0.1, -0.05) is 6.42 Å². The molecule has 1 atom stereocenters. The number of pyridine rings is 1. The maximum atomic E-state index is 12.8. The first kappa shape index (κ1) is 21.7. The number of likely N-dealkylation sites (tertiary alicyclic amines) is 1. The summed E-state index contributed by atoms with van der Waals surface area (Å²) in [6, 6.07) is 4.36. The minimum atomic E-state index is -0.138. The normalized spacial score (nSPS) is 20.8. The molecule has 1 N–H and O–H groups in total. The molecular weight excluding hydrogens is 392 g/mol. The molecule has 2 aromatic rings. The lowest BCUT2D eigenvalue weighted by Gasteiger charge is -2.33. The number of hydrogen-bond donors (Lipinski definition) is 1. The van der Waals surface area contributed by atoms with E-state index in [-0.39, 0.29) is 17.4 Å². The second kappa shape index (κ2) is 9.77. The number of amides is 1. The van der Waals surface area contributed by atoms with Gasteiger partial charge in [0.15, 0.2) is 11.5 Å². The van der Waals surface area contributed by atoms with Crippen LogP contribution < -0.4 is 15.8 Å². The van der Waals surface area contributed by atoms with Crippen molar-refractivity contribution in [3.63, 3.8) is 0 Å². The lowest BCUT2D eigenvalue weighted by molar-refractivity contribution is -0.125. The minimum Gasteiger partial charge on any atom is -0.356 e. The van der Waals surface area contributed by atoms with Gasteiger partial charge in [0.1, 0.15) is 5.52 Å². The highest BCUT2D eigenvalue weighted by Gasteiger charge is 2.27. The Morgan fingerprint density at radius 2 is 2.00 bits per heavy atom. The van der Waals surface area contributed by atoms with Crippen LogP contribution in [0.1, 0.15) is 45.4 Å². The molecule has 1 unspecified atom stereocenters. The Kier molecular flexibility index (Phi) is 6.85. The maximum Gasteiger partial charge on any atom is 0.294 e. The predicted molar refractivity (Wildman–Crippen MR) is 122 cm³/mol. The molecule has 4 heterocycles. The number of rotatable bonds is 6. The molecule has 1 amide bonds. The molecular formula is C23H34N6O2. The molecule has 2 fully saturated rings. The molecule has 8 nitrogen and oxygen atoms in total. The van der Waals surface area contributed by atoms with Crippen molar-refractivity contribution in [2.45, 2.75) is 51.5 Å². The van der Waals surface area contributed by atoms with Gasteiger partial charge >= 0.3 is 0 Å². The van der Waals surface area contributed by atoms with Gasteiger partial charge in [0.2, 0.25) is 5.91 Å². The number of aryl methyl sites for hydroxylation is 1. The summed E-state index contributed by atoms with van der Waals surface area (Å²) in [7, 11) is 1.73. The first-order valence-corrected chi connectivity index (χ1v) is 11.6. The summed E-state index contributed by atoms with van der Waals surface area (Å²) in [5.74, 6) is 0.614. The molecule has 168 valence electrons. The summed E-state index contributed by atoms with van der Waals surface area (Å²) >= 11 is 0. The lowest BCUT2D eigenvalue weighted by Crippen LogP contribution is -2.44. The molecule has 2 aliphatic rings. The monoisotopic (exact) mass is 426 g/mol. The average Bonchev–Trinajstić information content (AvgIpc) is 2.80. The van der Waals surface area contributed by atoms with Gasteiger partial charge in [0.25, 0.3) is 5.56 Å². The van der Waals surface area contributed by atoms with E-state index in [4.69, 9.17) is 0 Å². The summed E-state index contributed by atoms with van der Waals surface area (Å²) in [6.45, 7) is 6.62. The topological polar surface area (TPSA) is 83.4 Å². The number of aromatic nitrogens is 3. The fraction of sp³-hybridized carbons (Fsp3) is 0.652. The van der Waals surface area contributed by atoms with Gasteiger partial charge in [-0.2, -0.15) is 0 Å². The molecule has 2 aromatic heterocycles. The third-order valence-electron chi connectivity index (χ3n) is 6.83. The molecule has 0 saturated carbocycles. The van der Waals surface area contributed by atoms with Crippen LogP contribution in [0.3, 0.4) is 0 Å². The molecule has 2 saturated heterocycles. The predicted octanol–water partition coefficient (Wildman–Crippen LogP) is 1.93. The van der Waals surface area contributed by atoms with Crippen LogP contribution in [-0.2, 0) is 11.8 Å². The van der Waals surface area contributed by atoms with E-state index >= 15 is 0 Å². The number of hydrogen-bond acceptors (Lipinski definition) is 6. The third kappa shape index (κ3) is 4.89. The van der Waals surface area contributed by atoms with Crippen molar-refractivity contribution in [2.24, 2.45) is 13.0 Å². The van der Waals surface area contributed by atoms with E-state index in [9.17, 15) is 9.59 Å². The van der Waals surface area contributed by atoms with Crippen LogP contribution >= 0.6 is 0 Å². The summed E-state index contributed by atoms with van der Waals surface area (Å²) in [4.78, 5) is 38.8. The molecule has 0 aliphatic carbocycles. The molecule has 2 aliphatic heterocycles. The number of carbonyl (C=O) groups excluding carboxylic acids is 1. The van der Waals surface area contributed by atoms with Crippen molar-refractivity contribution in [2.75, 3.05) is 37.6 Å². The molecule has 31 heavy (non-hydrogen) atoms. The first-order valence-electron chi connectivity index (χ1n) is 11.6. The van der Waals surface area contributed by atoms with Crippen molar-refractivity contribution >= 4 is 22.9 Å². The second-order valence-electron chi connectivity index (χ2n) is 8.93. The highest BCUT2D eigenvalue weighted by Crippen LogP contribution is 2.21. The molecule has 0 aromatic carbocycles. The largest absolute Gasteiger partial charge is 0.356 e. The van der Waals surface area contributed by atoms with Crippen LogP contribution in [-0.4, -0.2) is 64.1 Å². The SMILES string of the molecule is CC1CCCCN1CCCNC(=O)C1CCN(c2nc3cccnc3n(C)c2=O)CC1. The van der Waals surface area contributed by atoms with E-state index in [1.165, 1.54) is 25.8 Å². The summed E-state index contributed by atoms with van der Waals surface area (Å²) in [5.41, 5.74) is 1.16. The minimum absolute atomic E-state index is 0.0103. The molecule has 0 radical (unpaired) electrons. The summed E-state index contributed by atoms with van der Waals surface area (Å²) in [6.07, 6.45) is 8.07. The van der Waals surface area contributed by atoms with E-state index in [1.54, 1.807) is 17.8 Å². The fourth-order valence-electron chi connectivity index (χ4n) is 4.83. The molecule has 0 spiro atoms. The highest BCUT2D eigenvalue weighted by atomic mass is 16.2.